The van der Waals surface area contributed by atoms with Crippen molar-refractivity contribution in [1.29, 1.82) is 0 Å². The number of aromatic nitrogens is 1. The number of ketones is 2. The number of hydrogen-bond acceptors (Lipinski definition) is 4. The summed E-state index contributed by atoms with van der Waals surface area (Å²) in [5.41, 5.74) is 1.91. The smallest absolute Gasteiger partial charge is 0.261 e. The highest BCUT2D eigenvalue weighted by molar-refractivity contribution is 6.99. The maximum atomic E-state index is 13.8. The van der Waals surface area contributed by atoms with E-state index in [1.165, 1.54) is 4.57 Å². The highest BCUT2D eigenvalue weighted by Gasteiger charge is 2.50. The lowest BCUT2D eigenvalue weighted by Gasteiger charge is -2.42. The third-order valence-electron chi connectivity index (χ3n) is 8.03. The summed E-state index contributed by atoms with van der Waals surface area (Å²) < 4.78 is 8.32. The molecule has 1 aliphatic carbocycles. The molecule has 0 atom stereocenters. The SMILES string of the molecule is CC(C)(C)[Si](OCC(=O)Cn1c2c(c3ccccc3c1=O)C(=O)c1ccccc1-2)(c1ccccc1)c1ccccc1. The maximum absolute atomic E-state index is 13.8. The van der Waals surface area contributed by atoms with Gasteiger partial charge in [0, 0.05) is 21.9 Å². The van der Waals surface area contributed by atoms with E-state index in [1.54, 1.807) is 24.3 Å². The minimum Gasteiger partial charge on any atom is -0.400 e. The average Bonchev–Trinajstić information content (AvgIpc) is 3.28. The Balaban J connectivity index is 1.43. The number of Topliss-reactive ketones (excluding diaryl/α,β-unsaturated/α-hetero) is 1. The van der Waals surface area contributed by atoms with E-state index in [-0.39, 0.29) is 35.3 Å². The van der Waals surface area contributed by atoms with Crippen molar-refractivity contribution >= 4 is 41.0 Å². The molecular formula is C35H31NO4Si. The highest BCUT2D eigenvalue weighted by Crippen LogP contribution is 2.39. The van der Waals surface area contributed by atoms with Gasteiger partial charge < -0.3 is 4.43 Å². The van der Waals surface area contributed by atoms with Gasteiger partial charge in [0.1, 0.15) is 0 Å². The van der Waals surface area contributed by atoms with Crippen LogP contribution < -0.4 is 15.9 Å². The van der Waals surface area contributed by atoms with Crippen LogP contribution >= 0.6 is 0 Å². The summed E-state index contributed by atoms with van der Waals surface area (Å²) >= 11 is 0. The van der Waals surface area contributed by atoms with Crippen molar-refractivity contribution in [1.82, 2.24) is 4.57 Å². The Bertz CT molecular complexity index is 1810. The van der Waals surface area contributed by atoms with E-state index in [0.29, 0.717) is 33.2 Å². The Hall–Kier alpha value is -4.39. The predicted molar refractivity (Wildman–Crippen MR) is 166 cm³/mol. The van der Waals surface area contributed by atoms with Crippen LogP contribution in [0.15, 0.2) is 114 Å². The van der Waals surface area contributed by atoms with Crippen LogP contribution in [-0.4, -0.2) is 31.1 Å². The fourth-order valence-electron chi connectivity index (χ4n) is 6.25. The van der Waals surface area contributed by atoms with Gasteiger partial charge in [-0.05, 0) is 21.5 Å². The van der Waals surface area contributed by atoms with Gasteiger partial charge in [0.15, 0.2) is 11.6 Å². The molecule has 0 saturated carbocycles. The first kappa shape index (κ1) is 26.8. The lowest BCUT2D eigenvalue weighted by atomic mass is 10.0. The minimum absolute atomic E-state index is 0.128. The first-order chi connectivity index (χ1) is 19.7. The standard InChI is InChI=1S/C35H31NO4Si/c1-35(2,3)41(25-14-6-4-7-15-25,26-16-8-5-9-17-26)40-23-24(37)22-36-32-28-19-11-12-20-29(28)33(38)31(32)27-18-10-13-21-30(27)34(36)39/h4-21H,22-23H2,1-3H3. The van der Waals surface area contributed by atoms with Crippen LogP contribution in [0.3, 0.4) is 0 Å². The Morgan fingerprint density at radius 1 is 0.707 bits per heavy atom. The molecule has 41 heavy (non-hydrogen) atoms. The Morgan fingerprint density at radius 2 is 1.22 bits per heavy atom. The van der Waals surface area contributed by atoms with E-state index >= 15 is 0 Å². The van der Waals surface area contributed by atoms with E-state index in [9.17, 15) is 14.4 Å². The molecule has 6 rings (SSSR count). The molecule has 0 saturated heterocycles. The zero-order chi connectivity index (χ0) is 28.8. The van der Waals surface area contributed by atoms with Crippen molar-refractivity contribution in [3.63, 3.8) is 0 Å². The number of benzene rings is 4. The molecule has 0 N–H and O–H groups in total. The van der Waals surface area contributed by atoms with Crippen molar-refractivity contribution in [2.24, 2.45) is 0 Å². The van der Waals surface area contributed by atoms with Gasteiger partial charge in [0.25, 0.3) is 13.9 Å². The second kappa shape index (κ2) is 10.2. The van der Waals surface area contributed by atoms with Crippen LogP contribution in [0.5, 0.6) is 0 Å². The Morgan fingerprint density at radius 3 is 1.80 bits per heavy atom. The van der Waals surface area contributed by atoms with E-state index < -0.39 is 8.32 Å². The number of carbonyl (C=O) groups is 2. The van der Waals surface area contributed by atoms with Gasteiger partial charge in [-0.15, -0.1) is 0 Å². The van der Waals surface area contributed by atoms with Crippen LogP contribution in [0.25, 0.3) is 22.0 Å². The summed E-state index contributed by atoms with van der Waals surface area (Å²) in [6.45, 7) is 6.13. The molecule has 0 amide bonds. The first-order valence-corrected chi connectivity index (χ1v) is 15.7. The molecule has 1 heterocycles. The molecule has 5 nitrogen and oxygen atoms in total. The molecule has 4 aromatic carbocycles. The third-order valence-corrected chi connectivity index (χ3v) is 13.0. The van der Waals surface area contributed by atoms with Crippen molar-refractivity contribution in [2.45, 2.75) is 32.4 Å². The first-order valence-electron chi connectivity index (χ1n) is 13.8. The molecule has 0 radical (unpaired) electrons. The normalized spacial score (nSPS) is 12.8. The third kappa shape index (κ3) is 4.31. The fraction of sp³-hybridized carbons (Fsp3) is 0.171. The maximum Gasteiger partial charge on any atom is 0.261 e. The number of carbonyl (C=O) groups excluding carboxylic acids is 2. The second-order valence-corrected chi connectivity index (χ2v) is 15.8. The number of nitrogens with zero attached hydrogens (tertiary/aromatic N) is 1. The Labute approximate surface area is 240 Å². The lowest BCUT2D eigenvalue weighted by molar-refractivity contribution is -0.121. The topological polar surface area (TPSA) is 65.4 Å². The van der Waals surface area contributed by atoms with Crippen LogP contribution in [0.2, 0.25) is 5.04 Å². The van der Waals surface area contributed by atoms with Gasteiger partial charge in [-0.3, -0.25) is 19.0 Å². The van der Waals surface area contributed by atoms with Crippen LogP contribution in [0.1, 0.15) is 36.7 Å². The molecule has 5 aromatic rings. The number of hydrogen-bond donors (Lipinski definition) is 0. The molecule has 0 spiro atoms. The molecule has 0 unspecified atom stereocenters. The summed E-state index contributed by atoms with van der Waals surface area (Å²) in [6.07, 6.45) is 0. The van der Waals surface area contributed by atoms with E-state index in [1.807, 2.05) is 60.7 Å². The molecular weight excluding hydrogens is 526 g/mol. The van der Waals surface area contributed by atoms with Gasteiger partial charge in [0.05, 0.1) is 24.4 Å². The number of rotatable bonds is 7. The van der Waals surface area contributed by atoms with Crippen LogP contribution in [0, 0.1) is 0 Å². The van der Waals surface area contributed by atoms with Crippen molar-refractivity contribution in [3.8, 4) is 11.3 Å². The van der Waals surface area contributed by atoms with Crippen molar-refractivity contribution < 1.29 is 14.0 Å². The molecule has 0 fully saturated rings. The van der Waals surface area contributed by atoms with Crippen molar-refractivity contribution in [3.05, 3.63) is 131 Å². The summed E-state index contributed by atoms with van der Waals surface area (Å²) in [4.78, 5) is 41.1. The van der Waals surface area contributed by atoms with E-state index in [0.717, 1.165) is 10.4 Å². The van der Waals surface area contributed by atoms with Crippen LogP contribution in [0.4, 0.5) is 0 Å². The van der Waals surface area contributed by atoms with E-state index in [4.69, 9.17) is 4.43 Å². The fourth-order valence-corrected chi connectivity index (χ4v) is 10.8. The summed E-state index contributed by atoms with van der Waals surface area (Å²) in [7, 11) is -2.94. The molecule has 0 aliphatic heterocycles. The zero-order valence-electron chi connectivity index (χ0n) is 23.4. The molecule has 6 heteroatoms. The largest absolute Gasteiger partial charge is 0.400 e. The second-order valence-electron chi connectivity index (χ2n) is 11.5. The Kier molecular flexibility index (Phi) is 6.68. The zero-order valence-corrected chi connectivity index (χ0v) is 24.4. The molecule has 0 bridgehead atoms. The molecule has 204 valence electrons. The quantitative estimate of drug-likeness (QED) is 0.248. The predicted octanol–water partition coefficient (Wildman–Crippen LogP) is 5.36. The number of pyridine rings is 1. The average molecular weight is 558 g/mol. The lowest BCUT2D eigenvalue weighted by Crippen LogP contribution is -2.67. The highest BCUT2D eigenvalue weighted by atomic mass is 28.4. The van der Waals surface area contributed by atoms with Gasteiger partial charge >= 0.3 is 0 Å². The summed E-state index contributed by atoms with van der Waals surface area (Å²) in [6, 6.07) is 34.7. The summed E-state index contributed by atoms with van der Waals surface area (Å²) in [5, 5.41) is 2.90. The molecule has 1 aromatic heterocycles. The monoisotopic (exact) mass is 557 g/mol. The van der Waals surface area contributed by atoms with E-state index in [2.05, 4.69) is 45.0 Å². The van der Waals surface area contributed by atoms with Crippen LogP contribution in [-0.2, 0) is 15.8 Å². The van der Waals surface area contributed by atoms with Gasteiger partial charge in [0.2, 0.25) is 0 Å². The summed E-state index contributed by atoms with van der Waals surface area (Å²) in [5.74, 6) is -0.356. The molecule has 1 aliphatic rings. The van der Waals surface area contributed by atoms with Gasteiger partial charge in [-0.25, -0.2) is 0 Å². The minimum atomic E-state index is -2.94. The van der Waals surface area contributed by atoms with Gasteiger partial charge in [-0.2, -0.15) is 0 Å². The number of fused-ring (bicyclic) bond motifs is 5. The van der Waals surface area contributed by atoms with Gasteiger partial charge in [-0.1, -0.05) is 124 Å². The van der Waals surface area contributed by atoms with Crippen molar-refractivity contribution in [2.75, 3.05) is 6.61 Å².